The highest BCUT2D eigenvalue weighted by molar-refractivity contribution is 6.27. The van der Waals surface area contributed by atoms with Crippen molar-refractivity contribution in [3.63, 3.8) is 0 Å². The molecular weight excluding hydrogens is 418 g/mol. The first-order chi connectivity index (χ1) is 15.4. The molecule has 0 saturated carbocycles. The molecule has 0 aliphatic carbocycles. The number of piperazine rings is 1. The lowest BCUT2D eigenvalue weighted by atomic mass is 10.1. The van der Waals surface area contributed by atoms with Gasteiger partial charge < -0.3 is 24.4 Å². The second kappa shape index (κ2) is 12.5. The maximum atomic E-state index is 9.10. The molecule has 1 aliphatic rings. The third-order valence-corrected chi connectivity index (χ3v) is 4.96. The van der Waals surface area contributed by atoms with Crippen LogP contribution in [0.4, 0.5) is 0 Å². The van der Waals surface area contributed by atoms with Crippen molar-refractivity contribution in [1.82, 2.24) is 14.8 Å². The molecule has 0 radical (unpaired) electrons. The minimum atomic E-state index is -1.82. The van der Waals surface area contributed by atoms with Crippen LogP contribution in [0.2, 0.25) is 0 Å². The summed E-state index contributed by atoms with van der Waals surface area (Å²) in [5.41, 5.74) is 2.38. The van der Waals surface area contributed by atoms with Crippen LogP contribution in [0.5, 0.6) is 17.2 Å². The zero-order valence-electron chi connectivity index (χ0n) is 18.5. The van der Waals surface area contributed by atoms with Gasteiger partial charge in [0.25, 0.3) is 0 Å². The summed E-state index contributed by atoms with van der Waals surface area (Å²) >= 11 is 0. The number of rotatable bonds is 7. The molecule has 1 saturated heterocycles. The van der Waals surface area contributed by atoms with Crippen molar-refractivity contribution in [2.24, 2.45) is 0 Å². The van der Waals surface area contributed by atoms with Crippen molar-refractivity contribution < 1.29 is 34.0 Å². The van der Waals surface area contributed by atoms with E-state index < -0.39 is 11.9 Å². The van der Waals surface area contributed by atoms with E-state index >= 15 is 0 Å². The Bertz CT molecular complexity index is 873. The second-order valence-corrected chi connectivity index (χ2v) is 7.02. The predicted molar refractivity (Wildman–Crippen MR) is 116 cm³/mol. The van der Waals surface area contributed by atoms with Crippen LogP contribution in [0.25, 0.3) is 0 Å². The highest BCUT2D eigenvalue weighted by Crippen LogP contribution is 2.40. The first-order valence-corrected chi connectivity index (χ1v) is 9.97. The summed E-state index contributed by atoms with van der Waals surface area (Å²) in [5.74, 6) is -1.55. The van der Waals surface area contributed by atoms with Gasteiger partial charge in [0.1, 0.15) is 0 Å². The lowest BCUT2D eigenvalue weighted by Crippen LogP contribution is -2.45. The number of aromatic nitrogens is 1. The van der Waals surface area contributed by atoms with Gasteiger partial charge in [0.05, 0.1) is 21.3 Å². The molecule has 0 spiro atoms. The molecule has 0 bridgehead atoms. The molecule has 2 heterocycles. The monoisotopic (exact) mass is 447 g/mol. The van der Waals surface area contributed by atoms with Crippen LogP contribution in [0.1, 0.15) is 11.1 Å². The van der Waals surface area contributed by atoms with Crippen LogP contribution >= 0.6 is 0 Å². The summed E-state index contributed by atoms with van der Waals surface area (Å²) in [4.78, 5) is 27.3. The molecule has 0 atom stereocenters. The standard InChI is InChI=1S/C20H27N3O3.C2H2O4/c1-24-18-7-6-17(19(25-2)20(18)26-3)15-23-11-9-22(10-12-23)14-16-5-4-8-21-13-16;3-1(4)2(5)6/h4-8,13H,9-12,14-15H2,1-3H3;(H,3,4)(H,5,6). The molecule has 10 heteroatoms. The largest absolute Gasteiger partial charge is 0.493 e. The van der Waals surface area contributed by atoms with Crippen molar-refractivity contribution in [3.05, 3.63) is 47.8 Å². The van der Waals surface area contributed by atoms with Crippen LogP contribution in [0.15, 0.2) is 36.7 Å². The van der Waals surface area contributed by atoms with E-state index in [2.05, 4.69) is 26.9 Å². The van der Waals surface area contributed by atoms with E-state index in [0.29, 0.717) is 11.5 Å². The molecule has 0 amide bonds. The Balaban J connectivity index is 0.000000534. The summed E-state index contributed by atoms with van der Waals surface area (Å²) in [7, 11) is 4.95. The molecular formula is C22H29N3O7. The van der Waals surface area contributed by atoms with E-state index in [0.717, 1.165) is 50.6 Å². The van der Waals surface area contributed by atoms with Crippen LogP contribution in [0.3, 0.4) is 0 Å². The number of benzene rings is 1. The topological polar surface area (TPSA) is 122 Å². The normalized spacial score (nSPS) is 14.1. The van der Waals surface area contributed by atoms with Crippen molar-refractivity contribution >= 4 is 11.9 Å². The molecule has 0 unspecified atom stereocenters. The maximum absolute atomic E-state index is 9.10. The zero-order chi connectivity index (χ0) is 23.5. The Labute approximate surface area is 186 Å². The SMILES string of the molecule is COc1ccc(CN2CCN(Cc3cccnc3)CC2)c(OC)c1OC.O=C(O)C(=O)O. The van der Waals surface area contributed by atoms with Gasteiger partial charge in [0, 0.05) is 57.2 Å². The van der Waals surface area contributed by atoms with E-state index in [-0.39, 0.29) is 0 Å². The number of nitrogens with zero attached hydrogens (tertiary/aromatic N) is 3. The number of methoxy groups -OCH3 is 3. The fourth-order valence-electron chi connectivity index (χ4n) is 3.38. The van der Waals surface area contributed by atoms with Gasteiger partial charge in [-0.05, 0) is 17.7 Å². The molecule has 1 aromatic heterocycles. The smallest absolute Gasteiger partial charge is 0.414 e. The average Bonchev–Trinajstić information content (AvgIpc) is 2.81. The molecule has 174 valence electrons. The number of pyridine rings is 1. The minimum Gasteiger partial charge on any atom is -0.493 e. The molecule has 1 aliphatic heterocycles. The Morgan fingerprint density at radius 3 is 1.94 bits per heavy atom. The Morgan fingerprint density at radius 1 is 0.875 bits per heavy atom. The van der Waals surface area contributed by atoms with Gasteiger partial charge in [0.2, 0.25) is 5.75 Å². The molecule has 2 aromatic rings. The van der Waals surface area contributed by atoms with Gasteiger partial charge in [-0.15, -0.1) is 0 Å². The number of carboxylic acids is 2. The number of hydrogen-bond donors (Lipinski definition) is 2. The second-order valence-electron chi connectivity index (χ2n) is 7.02. The van der Waals surface area contributed by atoms with Crippen LogP contribution in [-0.4, -0.2) is 84.4 Å². The van der Waals surface area contributed by atoms with Gasteiger partial charge in [-0.3, -0.25) is 14.8 Å². The number of ether oxygens (including phenoxy) is 3. The van der Waals surface area contributed by atoms with E-state index in [1.54, 1.807) is 21.3 Å². The van der Waals surface area contributed by atoms with Gasteiger partial charge in [-0.2, -0.15) is 0 Å². The molecule has 1 aromatic carbocycles. The number of hydrogen-bond acceptors (Lipinski definition) is 8. The minimum absolute atomic E-state index is 0.655. The molecule has 3 rings (SSSR count). The highest BCUT2D eigenvalue weighted by Gasteiger charge is 2.21. The fraction of sp³-hybridized carbons (Fsp3) is 0.409. The van der Waals surface area contributed by atoms with Crippen LogP contribution in [0, 0.1) is 0 Å². The van der Waals surface area contributed by atoms with Crippen LogP contribution < -0.4 is 14.2 Å². The molecule has 1 fully saturated rings. The third kappa shape index (κ3) is 7.10. The Kier molecular flexibility index (Phi) is 9.71. The third-order valence-electron chi connectivity index (χ3n) is 4.96. The van der Waals surface area contributed by atoms with E-state index in [1.165, 1.54) is 5.56 Å². The summed E-state index contributed by atoms with van der Waals surface area (Å²) in [6, 6.07) is 8.13. The summed E-state index contributed by atoms with van der Waals surface area (Å²) in [6.45, 7) is 5.94. The highest BCUT2D eigenvalue weighted by atomic mass is 16.5. The van der Waals surface area contributed by atoms with E-state index in [9.17, 15) is 0 Å². The Morgan fingerprint density at radius 2 is 1.47 bits per heavy atom. The first kappa shape index (κ1) is 24.9. The van der Waals surface area contributed by atoms with Crippen LogP contribution in [-0.2, 0) is 22.7 Å². The van der Waals surface area contributed by atoms with E-state index in [4.69, 9.17) is 34.0 Å². The number of carbonyl (C=O) groups is 2. The van der Waals surface area contributed by atoms with Gasteiger partial charge in [-0.25, -0.2) is 9.59 Å². The first-order valence-electron chi connectivity index (χ1n) is 9.97. The van der Waals surface area contributed by atoms with E-state index in [1.807, 2.05) is 24.5 Å². The summed E-state index contributed by atoms with van der Waals surface area (Å²) in [6.07, 6.45) is 3.76. The molecule has 10 nitrogen and oxygen atoms in total. The maximum Gasteiger partial charge on any atom is 0.414 e. The van der Waals surface area contributed by atoms with Crippen molar-refractivity contribution in [3.8, 4) is 17.2 Å². The quantitative estimate of drug-likeness (QED) is 0.605. The Hall–Kier alpha value is -3.37. The lowest BCUT2D eigenvalue weighted by Gasteiger charge is -2.35. The van der Waals surface area contributed by atoms with Gasteiger partial charge in [-0.1, -0.05) is 12.1 Å². The molecule has 32 heavy (non-hydrogen) atoms. The van der Waals surface area contributed by atoms with Gasteiger partial charge >= 0.3 is 11.9 Å². The number of aliphatic carboxylic acids is 2. The van der Waals surface area contributed by atoms with Gasteiger partial charge in [0.15, 0.2) is 11.5 Å². The lowest BCUT2D eigenvalue weighted by molar-refractivity contribution is -0.159. The summed E-state index contributed by atoms with van der Waals surface area (Å²) < 4.78 is 16.5. The number of carboxylic acid groups (broad SMARTS) is 2. The zero-order valence-corrected chi connectivity index (χ0v) is 18.5. The summed E-state index contributed by atoms with van der Waals surface area (Å²) in [5, 5.41) is 14.8. The van der Waals surface area contributed by atoms with Crippen molar-refractivity contribution in [1.29, 1.82) is 0 Å². The predicted octanol–water partition coefficient (Wildman–Crippen LogP) is 1.58. The van der Waals surface area contributed by atoms with Crippen molar-refractivity contribution in [2.45, 2.75) is 13.1 Å². The van der Waals surface area contributed by atoms with Crippen molar-refractivity contribution in [2.75, 3.05) is 47.5 Å². The fourth-order valence-corrected chi connectivity index (χ4v) is 3.38. The average molecular weight is 447 g/mol. The molecule has 2 N–H and O–H groups in total.